The van der Waals surface area contributed by atoms with Gasteiger partial charge in [-0.1, -0.05) is 39.8 Å². The molecular formula is C41H64FNO11. The molecule has 1 aromatic carbocycles. The molecule has 1 unspecified atom stereocenters. The van der Waals surface area contributed by atoms with E-state index in [1.165, 1.54) is 38.3 Å². The normalized spacial score (nSPS) is 40.2. The van der Waals surface area contributed by atoms with E-state index < -0.39 is 89.4 Å². The summed E-state index contributed by atoms with van der Waals surface area (Å²) < 4.78 is 51.6. The molecule has 2 heterocycles. The Balaban J connectivity index is 1.83. The molecule has 0 aromatic heterocycles. The van der Waals surface area contributed by atoms with Crippen molar-refractivity contribution >= 4 is 17.7 Å². The molecule has 2 saturated heterocycles. The zero-order valence-corrected chi connectivity index (χ0v) is 34.0. The third-order valence-corrected chi connectivity index (χ3v) is 12.2. The second-order valence-electron chi connectivity index (χ2n) is 16.5. The number of benzene rings is 1. The van der Waals surface area contributed by atoms with Gasteiger partial charge in [0.15, 0.2) is 6.29 Å². The first-order valence-corrected chi connectivity index (χ1v) is 19.5. The average molecular weight is 766 g/mol. The molecule has 14 atom stereocenters. The average Bonchev–Trinajstić information content (AvgIpc) is 3.99. The monoisotopic (exact) mass is 765 g/mol. The Kier molecular flexibility index (Phi) is 14.9. The van der Waals surface area contributed by atoms with Gasteiger partial charge in [-0.05, 0) is 84.5 Å². The van der Waals surface area contributed by atoms with Crippen molar-refractivity contribution in [2.45, 2.75) is 160 Å². The minimum absolute atomic E-state index is 0.0290. The summed E-state index contributed by atoms with van der Waals surface area (Å²) >= 11 is 0. The highest BCUT2D eigenvalue weighted by atomic mass is 19.1. The van der Waals surface area contributed by atoms with Crippen molar-refractivity contribution in [3.63, 3.8) is 0 Å². The number of likely N-dealkylation sites (N-methyl/N-ethyl adjacent to an activating group) is 1. The highest BCUT2D eigenvalue weighted by Crippen LogP contribution is 2.41. The van der Waals surface area contributed by atoms with Crippen LogP contribution in [0.1, 0.15) is 93.1 Å². The third kappa shape index (κ3) is 9.88. The molecule has 3 aliphatic rings. The predicted octanol–water partition coefficient (Wildman–Crippen LogP) is 4.63. The van der Waals surface area contributed by atoms with E-state index in [2.05, 4.69) is 11.9 Å². The van der Waals surface area contributed by atoms with Crippen molar-refractivity contribution in [3.05, 3.63) is 35.6 Å². The van der Waals surface area contributed by atoms with Crippen LogP contribution in [0, 0.1) is 29.5 Å². The van der Waals surface area contributed by atoms with Gasteiger partial charge in [0.05, 0.1) is 36.3 Å². The molecular weight excluding hydrogens is 701 g/mol. The summed E-state index contributed by atoms with van der Waals surface area (Å²) in [6.45, 7) is 13.5. The molecule has 2 N–H and O–H groups in total. The summed E-state index contributed by atoms with van der Waals surface area (Å²) in [5.41, 5.74) is -2.74. The number of carbonyl (C=O) groups is 3. The summed E-state index contributed by atoms with van der Waals surface area (Å²) in [5, 5.41) is 23.0. The van der Waals surface area contributed by atoms with Crippen LogP contribution in [-0.2, 0) is 49.2 Å². The topological polar surface area (TPSA) is 150 Å². The van der Waals surface area contributed by atoms with Gasteiger partial charge in [-0.15, -0.1) is 0 Å². The molecule has 0 amide bonds. The number of aliphatic hydroxyl groups excluding tert-OH is 1. The second kappa shape index (κ2) is 18.2. The van der Waals surface area contributed by atoms with Gasteiger partial charge in [0.25, 0.3) is 0 Å². The quantitative estimate of drug-likeness (QED) is 0.320. The van der Waals surface area contributed by atoms with Crippen LogP contribution in [0.4, 0.5) is 4.39 Å². The lowest BCUT2D eigenvalue weighted by Gasteiger charge is -2.49. The third-order valence-electron chi connectivity index (χ3n) is 12.2. The number of methoxy groups -OCH3 is 2. The molecule has 306 valence electrons. The lowest BCUT2D eigenvalue weighted by Crippen LogP contribution is -2.61. The highest BCUT2D eigenvalue weighted by Gasteiger charge is 2.53. The van der Waals surface area contributed by atoms with Crippen LogP contribution in [0.2, 0.25) is 0 Å². The largest absolute Gasteiger partial charge is 0.461 e. The molecule has 1 saturated carbocycles. The van der Waals surface area contributed by atoms with E-state index >= 15 is 0 Å². The minimum atomic E-state index is -1.99. The van der Waals surface area contributed by atoms with Crippen LogP contribution in [0.15, 0.2) is 24.3 Å². The van der Waals surface area contributed by atoms with Crippen molar-refractivity contribution in [1.82, 2.24) is 4.90 Å². The molecule has 3 fully saturated rings. The summed E-state index contributed by atoms with van der Waals surface area (Å²) in [7, 11) is 5.21. The lowest BCUT2D eigenvalue weighted by atomic mass is 9.74. The molecule has 1 aromatic rings. The lowest BCUT2D eigenvalue weighted by molar-refractivity contribution is -0.306. The Hall–Kier alpha value is -2.52. The van der Waals surface area contributed by atoms with E-state index in [-0.39, 0.29) is 37.2 Å². The van der Waals surface area contributed by atoms with Crippen molar-refractivity contribution in [2.24, 2.45) is 23.7 Å². The number of nitrogens with zero attached hydrogens (tertiary/aromatic N) is 1. The van der Waals surface area contributed by atoms with Crippen molar-refractivity contribution in [3.8, 4) is 0 Å². The number of ketones is 1. The molecule has 0 bridgehead atoms. The van der Waals surface area contributed by atoms with Crippen LogP contribution in [0.3, 0.4) is 0 Å². The van der Waals surface area contributed by atoms with Gasteiger partial charge < -0.3 is 38.6 Å². The number of hydrogen-bond acceptors (Lipinski definition) is 12. The second-order valence-corrected chi connectivity index (χ2v) is 16.5. The van der Waals surface area contributed by atoms with Crippen molar-refractivity contribution < 1.29 is 57.4 Å². The number of rotatable bonds is 10. The highest BCUT2D eigenvalue weighted by molar-refractivity contribution is 5.83. The van der Waals surface area contributed by atoms with E-state index in [1.54, 1.807) is 48.7 Å². The summed E-state index contributed by atoms with van der Waals surface area (Å²) in [4.78, 5) is 44.1. The molecule has 1 aliphatic carbocycles. The predicted molar refractivity (Wildman–Crippen MR) is 198 cm³/mol. The first-order chi connectivity index (χ1) is 25.3. The summed E-state index contributed by atoms with van der Waals surface area (Å²) in [6, 6.07) is 5.88. The van der Waals surface area contributed by atoms with Crippen molar-refractivity contribution in [2.75, 3.05) is 21.3 Å². The van der Waals surface area contributed by atoms with Gasteiger partial charge in [-0.2, -0.15) is 0 Å². The van der Waals surface area contributed by atoms with E-state index in [1.807, 2.05) is 6.92 Å². The molecule has 0 radical (unpaired) electrons. The zero-order chi connectivity index (χ0) is 40.3. The summed E-state index contributed by atoms with van der Waals surface area (Å²) in [6.07, 6.45) is -3.61. The zero-order valence-electron chi connectivity index (χ0n) is 34.0. The van der Waals surface area contributed by atoms with Gasteiger partial charge in [0, 0.05) is 44.1 Å². The maximum atomic E-state index is 14.1. The fraction of sp³-hybridized carbons (Fsp3) is 0.780. The smallest absolute Gasteiger partial charge is 0.312 e. The fourth-order valence-corrected chi connectivity index (χ4v) is 8.64. The first-order valence-electron chi connectivity index (χ1n) is 19.5. The number of halogens is 1. The van der Waals surface area contributed by atoms with Gasteiger partial charge in [0.1, 0.15) is 35.5 Å². The molecule has 4 rings (SSSR count). The standard InChI is InChI=1S/C41H64FNO11/c1-12-31-41(8,48)36(46)24(4)33(45)22(2)21-40(7,50-11)37(54-39-35(49-10)30(19-23(3)51-39)43(9)29-17-18-29)25(5)34(26(6)38(47)52-31)53-32(44)20-27-13-15-28(42)16-14-27/h13-16,22-26,29-31,34-37,39,46,48H,12,17-21H2,1-11H3/t22-,23+,24-,25+,26-,30-,31-,34+,35+,36-,37-,39?,40-,41-/m1/s1. The molecule has 0 spiro atoms. The SMILES string of the molecule is CC[C@H]1OC(=O)[C@H](C)[C@@H](OC(=O)Cc2ccc(F)cc2)[C@H](C)[C@@H](OC2O[C@@H](C)C[C@@H](N(C)C3CC3)[C@@H]2OC)[C@](C)(OC)C[C@@H](C)C(=O)[C@@H](C)[C@@H](O)[C@]1(C)O. The number of ether oxygens (including phenoxy) is 6. The number of hydrogen-bond donors (Lipinski definition) is 2. The van der Waals surface area contributed by atoms with Crippen molar-refractivity contribution in [1.29, 1.82) is 0 Å². The minimum Gasteiger partial charge on any atom is -0.461 e. The number of Topliss-reactive ketones (excluding diaryl/α,β-unsaturated/α-hetero) is 1. The van der Waals surface area contributed by atoms with E-state index in [0.29, 0.717) is 18.0 Å². The molecule has 13 heteroatoms. The Labute approximate surface area is 320 Å². The van der Waals surface area contributed by atoms with E-state index in [4.69, 9.17) is 28.4 Å². The Morgan fingerprint density at radius 3 is 2.20 bits per heavy atom. The Morgan fingerprint density at radius 2 is 1.65 bits per heavy atom. The van der Waals surface area contributed by atoms with Gasteiger partial charge in [-0.25, -0.2) is 4.39 Å². The molecule has 54 heavy (non-hydrogen) atoms. The van der Waals surface area contributed by atoms with Gasteiger partial charge in [-0.3, -0.25) is 19.3 Å². The number of cyclic esters (lactones) is 1. The molecule has 12 nitrogen and oxygen atoms in total. The number of carbonyl (C=O) groups excluding carboxylic acids is 3. The fourth-order valence-electron chi connectivity index (χ4n) is 8.64. The van der Waals surface area contributed by atoms with Crippen LogP contribution >= 0.6 is 0 Å². The Bertz CT molecular complexity index is 1420. The van der Waals surface area contributed by atoms with Crippen LogP contribution in [0.5, 0.6) is 0 Å². The number of aliphatic hydroxyl groups is 2. The van der Waals surface area contributed by atoms with Gasteiger partial charge >= 0.3 is 11.9 Å². The van der Waals surface area contributed by atoms with Crippen LogP contribution < -0.4 is 0 Å². The van der Waals surface area contributed by atoms with E-state index in [0.717, 1.165) is 12.8 Å². The van der Waals surface area contributed by atoms with Crippen LogP contribution in [0.25, 0.3) is 0 Å². The first kappa shape index (κ1) is 44.2. The maximum absolute atomic E-state index is 14.1. The van der Waals surface area contributed by atoms with Crippen LogP contribution in [-0.4, -0.2) is 120 Å². The summed E-state index contributed by atoms with van der Waals surface area (Å²) in [5.74, 6) is -5.86. The molecule has 2 aliphatic heterocycles. The Morgan fingerprint density at radius 1 is 1.02 bits per heavy atom. The number of esters is 2. The van der Waals surface area contributed by atoms with E-state index in [9.17, 15) is 29.0 Å². The van der Waals surface area contributed by atoms with Gasteiger partial charge in [0.2, 0.25) is 0 Å². The maximum Gasteiger partial charge on any atom is 0.312 e.